The topological polar surface area (TPSA) is 43.1 Å². The maximum atomic E-state index is 5.30. The number of nitrogens with zero attached hydrogens (tertiary/aromatic N) is 4. The molecule has 0 saturated heterocycles. The third-order valence-corrected chi connectivity index (χ3v) is 11.3. The van der Waals surface area contributed by atoms with Crippen LogP contribution in [0.2, 0.25) is 0 Å². The molecule has 254 valence electrons. The minimum Gasteiger partial charge on any atom is -0.308 e. The molecule has 0 unspecified atom stereocenters. The normalized spacial score (nSPS) is 12.0. The molecular formula is C51H30N4. The van der Waals surface area contributed by atoms with Crippen LogP contribution < -0.4 is 0 Å². The van der Waals surface area contributed by atoms with Crippen LogP contribution in [0.5, 0.6) is 0 Å². The Labute approximate surface area is 316 Å². The first-order valence-electron chi connectivity index (χ1n) is 18.7. The maximum Gasteiger partial charge on any atom is 0.164 e. The summed E-state index contributed by atoms with van der Waals surface area (Å²) in [6.07, 6.45) is 0. The van der Waals surface area contributed by atoms with Crippen molar-refractivity contribution in [3.63, 3.8) is 0 Å². The molecule has 0 amide bonds. The molecule has 0 fully saturated rings. The third-order valence-electron chi connectivity index (χ3n) is 11.3. The highest BCUT2D eigenvalue weighted by Gasteiger charge is 2.23. The minimum atomic E-state index is 0.640. The van der Waals surface area contributed by atoms with Crippen LogP contribution in [-0.4, -0.2) is 19.4 Å². The molecule has 12 aromatic rings. The molecule has 0 radical (unpaired) electrons. The second kappa shape index (κ2) is 11.5. The SMILES string of the molecule is c1ccc(-c2nc(-c3ccccc3)nc(-c3cc4c5ccccc5c5ccccc5c4cc3-c3cc4c5ccccc5n5c6ccccc6c(c3)c45)n2)cc1. The van der Waals surface area contributed by atoms with Crippen molar-refractivity contribution in [1.29, 1.82) is 0 Å². The van der Waals surface area contributed by atoms with Crippen molar-refractivity contribution in [1.82, 2.24) is 19.4 Å². The zero-order valence-electron chi connectivity index (χ0n) is 29.6. The van der Waals surface area contributed by atoms with Crippen LogP contribution in [0.4, 0.5) is 0 Å². The lowest BCUT2D eigenvalue weighted by atomic mass is 9.88. The molecule has 0 spiro atoms. The van der Waals surface area contributed by atoms with E-state index in [9.17, 15) is 0 Å². The van der Waals surface area contributed by atoms with E-state index in [0.29, 0.717) is 17.5 Å². The molecule has 12 rings (SSSR count). The van der Waals surface area contributed by atoms with Gasteiger partial charge in [0.1, 0.15) is 0 Å². The number of rotatable bonds is 4. The Balaban J connectivity index is 1.25. The Morgan fingerprint density at radius 1 is 0.273 bits per heavy atom. The van der Waals surface area contributed by atoms with Gasteiger partial charge in [0.2, 0.25) is 0 Å². The first-order valence-corrected chi connectivity index (χ1v) is 18.7. The van der Waals surface area contributed by atoms with Gasteiger partial charge in [0.15, 0.2) is 17.5 Å². The summed E-state index contributed by atoms with van der Waals surface area (Å²) >= 11 is 0. The van der Waals surface area contributed by atoms with E-state index >= 15 is 0 Å². The quantitative estimate of drug-likeness (QED) is 0.172. The fraction of sp³-hybridized carbons (Fsp3) is 0. The third kappa shape index (κ3) is 4.43. The number of para-hydroxylation sites is 2. The van der Waals surface area contributed by atoms with Crippen LogP contribution in [0.25, 0.3) is 116 Å². The van der Waals surface area contributed by atoms with E-state index in [2.05, 4.69) is 150 Å². The van der Waals surface area contributed by atoms with Crippen LogP contribution in [-0.2, 0) is 0 Å². The Bertz CT molecular complexity index is 3330. The molecule has 4 heteroatoms. The molecule has 0 saturated carbocycles. The summed E-state index contributed by atoms with van der Waals surface area (Å²) in [5.74, 6) is 1.93. The van der Waals surface area contributed by atoms with Gasteiger partial charge in [-0.1, -0.05) is 146 Å². The molecule has 0 aliphatic heterocycles. The molecule has 0 aliphatic carbocycles. The van der Waals surface area contributed by atoms with E-state index < -0.39 is 0 Å². The highest BCUT2D eigenvalue weighted by Crippen LogP contribution is 2.46. The Morgan fingerprint density at radius 3 is 1.15 bits per heavy atom. The van der Waals surface area contributed by atoms with E-state index in [0.717, 1.165) is 27.8 Å². The van der Waals surface area contributed by atoms with Gasteiger partial charge in [-0.15, -0.1) is 0 Å². The van der Waals surface area contributed by atoms with Crippen molar-refractivity contribution >= 4 is 70.4 Å². The standard InChI is InChI=1S/C51H30N4/c1-3-15-31(16-4-1)49-52-50(32-17-5-2-6-18-32)54-51(53-49)45-30-42-37-22-10-8-20-35(37)34-19-7-9-21-36(34)41(42)29-40(45)33-27-43-38-23-11-13-25-46(38)55-47-26-14-12-24-39(47)44(28-33)48(43)55/h1-30H. The summed E-state index contributed by atoms with van der Waals surface area (Å²) in [7, 11) is 0. The van der Waals surface area contributed by atoms with Gasteiger partial charge in [0, 0.05) is 38.2 Å². The largest absolute Gasteiger partial charge is 0.308 e. The minimum absolute atomic E-state index is 0.640. The van der Waals surface area contributed by atoms with Crippen LogP contribution in [0.3, 0.4) is 0 Å². The van der Waals surface area contributed by atoms with Crippen LogP contribution >= 0.6 is 0 Å². The molecule has 0 bridgehead atoms. The Morgan fingerprint density at radius 2 is 0.655 bits per heavy atom. The Hall–Kier alpha value is -7.43. The summed E-state index contributed by atoms with van der Waals surface area (Å²) in [5.41, 5.74) is 8.75. The van der Waals surface area contributed by atoms with E-state index in [1.807, 2.05) is 36.4 Å². The van der Waals surface area contributed by atoms with Crippen LogP contribution in [0, 0.1) is 0 Å². The predicted octanol–water partition coefficient (Wildman–Crippen LogP) is 13.1. The fourth-order valence-corrected chi connectivity index (χ4v) is 8.91. The molecule has 55 heavy (non-hydrogen) atoms. The van der Waals surface area contributed by atoms with Gasteiger partial charge in [0.25, 0.3) is 0 Å². The highest BCUT2D eigenvalue weighted by molar-refractivity contribution is 6.28. The number of fused-ring (bicyclic) bond motifs is 12. The van der Waals surface area contributed by atoms with Gasteiger partial charge in [-0.3, -0.25) is 0 Å². The lowest BCUT2D eigenvalue weighted by molar-refractivity contribution is 1.07. The van der Waals surface area contributed by atoms with Crippen LogP contribution in [0.15, 0.2) is 182 Å². The number of hydrogen-bond acceptors (Lipinski definition) is 3. The van der Waals surface area contributed by atoms with E-state index in [1.54, 1.807) is 0 Å². The average molecular weight is 699 g/mol. The molecule has 0 atom stereocenters. The van der Waals surface area contributed by atoms with Gasteiger partial charge < -0.3 is 4.40 Å². The van der Waals surface area contributed by atoms with Gasteiger partial charge in [-0.2, -0.15) is 0 Å². The van der Waals surface area contributed by atoms with E-state index in [1.165, 1.54) is 70.4 Å². The van der Waals surface area contributed by atoms with Crippen molar-refractivity contribution in [3.05, 3.63) is 182 Å². The first kappa shape index (κ1) is 30.1. The fourth-order valence-electron chi connectivity index (χ4n) is 8.91. The van der Waals surface area contributed by atoms with Gasteiger partial charge in [-0.05, 0) is 79.8 Å². The highest BCUT2D eigenvalue weighted by atomic mass is 15.0. The van der Waals surface area contributed by atoms with E-state index in [-0.39, 0.29) is 0 Å². The van der Waals surface area contributed by atoms with Crippen molar-refractivity contribution < 1.29 is 0 Å². The lowest BCUT2D eigenvalue weighted by Gasteiger charge is -2.17. The first-order chi connectivity index (χ1) is 27.3. The predicted molar refractivity (Wildman–Crippen MR) is 229 cm³/mol. The van der Waals surface area contributed by atoms with Crippen molar-refractivity contribution in [2.24, 2.45) is 0 Å². The maximum absolute atomic E-state index is 5.30. The molecule has 0 aliphatic rings. The molecule has 0 N–H and O–H groups in total. The molecule has 3 aromatic heterocycles. The van der Waals surface area contributed by atoms with Crippen LogP contribution in [0.1, 0.15) is 0 Å². The number of hydrogen-bond donors (Lipinski definition) is 0. The number of aromatic nitrogens is 4. The van der Waals surface area contributed by atoms with Crippen molar-refractivity contribution in [2.75, 3.05) is 0 Å². The summed E-state index contributed by atoms with van der Waals surface area (Å²) in [4.78, 5) is 15.7. The van der Waals surface area contributed by atoms with Crippen molar-refractivity contribution in [3.8, 4) is 45.3 Å². The zero-order chi connectivity index (χ0) is 36.0. The summed E-state index contributed by atoms with van der Waals surface area (Å²) < 4.78 is 2.43. The van der Waals surface area contributed by atoms with Crippen molar-refractivity contribution in [2.45, 2.75) is 0 Å². The molecule has 3 heterocycles. The second-order valence-electron chi connectivity index (χ2n) is 14.4. The molecule has 4 nitrogen and oxygen atoms in total. The zero-order valence-corrected chi connectivity index (χ0v) is 29.6. The summed E-state index contributed by atoms with van der Waals surface area (Å²) in [6, 6.07) is 65.0. The summed E-state index contributed by atoms with van der Waals surface area (Å²) in [5, 5.41) is 12.2. The van der Waals surface area contributed by atoms with Gasteiger partial charge >= 0.3 is 0 Å². The number of benzene rings is 9. The smallest absolute Gasteiger partial charge is 0.164 e. The van der Waals surface area contributed by atoms with Gasteiger partial charge in [0.05, 0.1) is 16.6 Å². The monoisotopic (exact) mass is 698 g/mol. The summed E-state index contributed by atoms with van der Waals surface area (Å²) in [6.45, 7) is 0. The molecular weight excluding hydrogens is 669 g/mol. The Kier molecular flexibility index (Phi) is 6.31. The van der Waals surface area contributed by atoms with Gasteiger partial charge in [-0.25, -0.2) is 15.0 Å². The average Bonchev–Trinajstić information content (AvgIpc) is 3.78. The van der Waals surface area contributed by atoms with E-state index in [4.69, 9.17) is 15.0 Å². The molecule has 9 aromatic carbocycles. The second-order valence-corrected chi connectivity index (χ2v) is 14.4. The lowest BCUT2D eigenvalue weighted by Crippen LogP contribution is -2.01.